The summed E-state index contributed by atoms with van der Waals surface area (Å²) in [6, 6.07) is 8.16. The van der Waals surface area contributed by atoms with Gasteiger partial charge in [0, 0.05) is 16.2 Å². The zero-order valence-electron chi connectivity index (χ0n) is 10.0. The molecule has 5 heteroatoms. The molecule has 1 amide bonds. The van der Waals surface area contributed by atoms with Crippen LogP contribution in [-0.4, -0.2) is 5.91 Å². The van der Waals surface area contributed by atoms with Crippen LogP contribution in [0.4, 0.5) is 14.5 Å². The summed E-state index contributed by atoms with van der Waals surface area (Å²) in [4.78, 5) is 11.9. The van der Waals surface area contributed by atoms with E-state index in [1.807, 2.05) is 13.0 Å². The summed E-state index contributed by atoms with van der Waals surface area (Å²) in [5, 5.41) is 2.59. The number of aryl methyl sites for hydroxylation is 1. The molecule has 0 radical (unpaired) electrons. The Labute approximate surface area is 117 Å². The number of benzene rings is 2. The van der Waals surface area contributed by atoms with Crippen LogP contribution < -0.4 is 5.32 Å². The van der Waals surface area contributed by atoms with Gasteiger partial charge >= 0.3 is 0 Å². The highest BCUT2D eigenvalue weighted by molar-refractivity contribution is 9.10. The number of rotatable bonds is 2. The first-order valence-electron chi connectivity index (χ1n) is 5.50. The zero-order valence-corrected chi connectivity index (χ0v) is 11.6. The van der Waals surface area contributed by atoms with E-state index in [1.165, 1.54) is 0 Å². The minimum atomic E-state index is -0.882. The number of nitrogens with one attached hydrogen (secondary N) is 1. The van der Waals surface area contributed by atoms with Crippen molar-refractivity contribution in [3.63, 3.8) is 0 Å². The molecule has 98 valence electrons. The summed E-state index contributed by atoms with van der Waals surface area (Å²) < 4.78 is 27.1. The molecule has 0 aliphatic heterocycles. The number of amides is 1. The summed E-state index contributed by atoms with van der Waals surface area (Å²) in [6.45, 7) is 1.82. The van der Waals surface area contributed by atoms with Gasteiger partial charge in [0.05, 0.1) is 5.56 Å². The lowest BCUT2D eigenvalue weighted by Gasteiger charge is -2.09. The van der Waals surface area contributed by atoms with Crippen LogP contribution >= 0.6 is 15.9 Å². The third kappa shape index (κ3) is 3.17. The molecule has 19 heavy (non-hydrogen) atoms. The van der Waals surface area contributed by atoms with Crippen LogP contribution in [-0.2, 0) is 0 Å². The number of anilines is 1. The minimum absolute atomic E-state index is 0.191. The van der Waals surface area contributed by atoms with Crippen molar-refractivity contribution in [2.45, 2.75) is 6.92 Å². The van der Waals surface area contributed by atoms with E-state index in [0.29, 0.717) is 11.8 Å². The first-order chi connectivity index (χ1) is 8.97. The zero-order chi connectivity index (χ0) is 14.0. The van der Waals surface area contributed by atoms with Crippen molar-refractivity contribution in [2.24, 2.45) is 0 Å². The normalized spacial score (nSPS) is 10.3. The maximum atomic E-state index is 13.5. The number of hydrogen-bond acceptors (Lipinski definition) is 1. The molecular weight excluding hydrogens is 316 g/mol. The van der Waals surface area contributed by atoms with Crippen molar-refractivity contribution in [1.82, 2.24) is 0 Å². The molecular formula is C14H10BrF2NO. The predicted octanol–water partition coefficient (Wildman–Crippen LogP) is 4.29. The molecule has 0 aliphatic carbocycles. The van der Waals surface area contributed by atoms with Crippen LogP contribution in [0.15, 0.2) is 40.9 Å². The van der Waals surface area contributed by atoms with Crippen molar-refractivity contribution in [3.05, 3.63) is 63.6 Å². The fourth-order valence-corrected chi connectivity index (χ4v) is 2.11. The van der Waals surface area contributed by atoms with E-state index in [1.54, 1.807) is 12.1 Å². The van der Waals surface area contributed by atoms with Gasteiger partial charge in [0.1, 0.15) is 11.6 Å². The first kappa shape index (κ1) is 13.7. The predicted molar refractivity (Wildman–Crippen MR) is 73.2 cm³/mol. The van der Waals surface area contributed by atoms with Gasteiger partial charge in [-0.25, -0.2) is 8.78 Å². The molecule has 0 unspecified atom stereocenters. The highest BCUT2D eigenvalue weighted by Gasteiger charge is 2.13. The van der Waals surface area contributed by atoms with Gasteiger partial charge in [-0.1, -0.05) is 15.9 Å². The monoisotopic (exact) mass is 325 g/mol. The fraction of sp³-hybridized carbons (Fsp3) is 0.0714. The summed E-state index contributed by atoms with van der Waals surface area (Å²) in [5.74, 6) is -2.20. The second-order valence-corrected chi connectivity index (χ2v) is 4.95. The Morgan fingerprint density at radius 1 is 1.16 bits per heavy atom. The van der Waals surface area contributed by atoms with E-state index in [-0.39, 0.29) is 5.56 Å². The van der Waals surface area contributed by atoms with Crippen LogP contribution in [0.5, 0.6) is 0 Å². The van der Waals surface area contributed by atoms with Gasteiger partial charge in [-0.3, -0.25) is 4.79 Å². The third-order valence-electron chi connectivity index (χ3n) is 2.61. The Bertz CT molecular complexity index is 643. The largest absolute Gasteiger partial charge is 0.322 e. The highest BCUT2D eigenvalue weighted by atomic mass is 79.9. The lowest BCUT2D eigenvalue weighted by Crippen LogP contribution is -2.14. The number of carbonyl (C=O) groups excluding carboxylic acids is 1. The van der Waals surface area contributed by atoms with E-state index in [9.17, 15) is 13.6 Å². The molecule has 0 spiro atoms. The maximum Gasteiger partial charge on any atom is 0.258 e. The Balaban J connectivity index is 2.25. The Morgan fingerprint density at radius 3 is 2.53 bits per heavy atom. The Kier molecular flexibility index (Phi) is 3.95. The van der Waals surface area contributed by atoms with Crippen molar-refractivity contribution in [3.8, 4) is 0 Å². The van der Waals surface area contributed by atoms with Gasteiger partial charge in [-0.15, -0.1) is 0 Å². The molecule has 0 bridgehead atoms. The minimum Gasteiger partial charge on any atom is -0.322 e. The van der Waals surface area contributed by atoms with Gasteiger partial charge < -0.3 is 5.32 Å². The van der Waals surface area contributed by atoms with E-state index in [0.717, 1.165) is 22.2 Å². The molecule has 0 aromatic heterocycles. The molecule has 0 heterocycles. The number of halogens is 3. The van der Waals surface area contributed by atoms with Crippen LogP contribution in [0.2, 0.25) is 0 Å². The van der Waals surface area contributed by atoms with Gasteiger partial charge in [-0.2, -0.15) is 0 Å². The summed E-state index contributed by atoms with van der Waals surface area (Å²) >= 11 is 3.31. The average Bonchev–Trinajstić information content (AvgIpc) is 2.32. The number of carbonyl (C=O) groups is 1. The van der Waals surface area contributed by atoms with Gasteiger partial charge in [0.15, 0.2) is 0 Å². The van der Waals surface area contributed by atoms with Gasteiger partial charge in [0.25, 0.3) is 5.91 Å². The fourth-order valence-electron chi connectivity index (χ4n) is 1.63. The molecule has 0 fully saturated rings. The molecule has 0 aliphatic rings. The quantitative estimate of drug-likeness (QED) is 0.876. The molecule has 2 nitrogen and oxygen atoms in total. The molecule has 0 atom stereocenters. The van der Waals surface area contributed by atoms with Crippen molar-refractivity contribution < 1.29 is 13.6 Å². The van der Waals surface area contributed by atoms with Crippen molar-refractivity contribution in [2.75, 3.05) is 5.32 Å². The Hall–Kier alpha value is -1.75. The molecule has 2 aromatic carbocycles. The van der Waals surface area contributed by atoms with E-state index in [2.05, 4.69) is 21.2 Å². The molecule has 2 rings (SSSR count). The van der Waals surface area contributed by atoms with Crippen LogP contribution in [0.25, 0.3) is 0 Å². The third-order valence-corrected chi connectivity index (χ3v) is 3.11. The first-order valence-corrected chi connectivity index (χ1v) is 6.29. The standard InChI is InChI=1S/C14H10BrF2NO/c1-8-6-9(15)2-5-13(8)18-14(19)11-4-3-10(16)7-12(11)17/h2-7H,1H3,(H,18,19). The van der Waals surface area contributed by atoms with Gasteiger partial charge in [0.2, 0.25) is 0 Å². The van der Waals surface area contributed by atoms with Crippen LogP contribution in [0.1, 0.15) is 15.9 Å². The number of hydrogen-bond donors (Lipinski definition) is 1. The maximum absolute atomic E-state index is 13.5. The molecule has 0 saturated heterocycles. The average molecular weight is 326 g/mol. The van der Waals surface area contributed by atoms with Crippen molar-refractivity contribution in [1.29, 1.82) is 0 Å². The topological polar surface area (TPSA) is 29.1 Å². The second-order valence-electron chi connectivity index (χ2n) is 4.04. The van der Waals surface area contributed by atoms with E-state index < -0.39 is 17.5 Å². The second kappa shape index (κ2) is 5.48. The summed E-state index contributed by atoms with van der Waals surface area (Å²) in [6.07, 6.45) is 0. The molecule has 1 N–H and O–H groups in total. The summed E-state index contributed by atoms with van der Waals surface area (Å²) in [7, 11) is 0. The summed E-state index contributed by atoms with van der Waals surface area (Å²) in [5.41, 5.74) is 1.23. The van der Waals surface area contributed by atoms with Crippen molar-refractivity contribution >= 4 is 27.5 Å². The van der Waals surface area contributed by atoms with Crippen LogP contribution in [0.3, 0.4) is 0 Å². The Morgan fingerprint density at radius 2 is 1.89 bits per heavy atom. The molecule has 2 aromatic rings. The highest BCUT2D eigenvalue weighted by Crippen LogP contribution is 2.21. The van der Waals surface area contributed by atoms with Crippen LogP contribution in [0, 0.1) is 18.6 Å². The van der Waals surface area contributed by atoms with E-state index >= 15 is 0 Å². The smallest absolute Gasteiger partial charge is 0.258 e. The SMILES string of the molecule is Cc1cc(Br)ccc1NC(=O)c1ccc(F)cc1F. The van der Waals surface area contributed by atoms with E-state index in [4.69, 9.17) is 0 Å². The lowest BCUT2D eigenvalue weighted by molar-refractivity contribution is 0.102. The van der Waals surface area contributed by atoms with Gasteiger partial charge in [-0.05, 0) is 42.8 Å². The lowest BCUT2D eigenvalue weighted by atomic mass is 10.1. The molecule has 0 saturated carbocycles.